The normalized spacial score (nSPS) is 15.8. The summed E-state index contributed by atoms with van der Waals surface area (Å²) in [4.78, 5) is 18.1. The molecule has 0 atom stereocenters. The number of carbonyl (C=O) groups excluding carboxylic acids is 1. The first-order valence-electron chi connectivity index (χ1n) is 7.31. The summed E-state index contributed by atoms with van der Waals surface area (Å²) in [6.45, 7) is 1.26. The Morgan fingerprint density at radius 3 is 2.77 bits per heavy atom. The van der Waals surface area contributed by atoms with Gasteiger partial charge in [0, 0.05) is 39.0 Å². The number of benzene rings is 1. The minimum absolute atomic E-state index is 0.00999. The topological polar surface area (TPSA) is 47.4 Å². The number of aromatic nitrogens is 2. The fraction of sp³-hybridized carbons (Fsp3) is 0.375. The summed E-state index contributed by atoms with van der Waals surface area (Å²) in [5, 5.41) is 0. The van der Waals surface area contributed by atoms with E-state index in [0.717, 1.165) is 12.8 Å². The minimum Gasteiger partial charge on any atom is -0.490 e. The van der Waals surface area contributed by atoms with E-state index < -0.39 is 0 Å². The maximum absolute atomic E-state index is 13.1. The number of carbonyl (C=O) groups is 1. The number of likely N-dealkylation sites (tertiary alicyclic amines) is 1. The van der Waals surface area contributed by atoms with Crippen molar-refractivity contribution in [3.63, 3.8) is 0 Å². The smallest absolute Gasteiger partial charge is 0.272 e. The molecule has 5 nitrogen and oxygen atoms in total. The molecule has 0 radical (unpaired) electrons. The fourth-order valence-corrected chi connectivity index (χ4v) is 2.63. The van der Waals surface area contributed by atoms with Gasteiger partial charge in [0.05, 0.1) is 12.5 Å². The highest BCUT2D eigenvalue weighted by molar-refractivity contribution is 5.92. The first-order chi connectivity index (χ1) is 10.6. The van der Waals surface area contributed by atoms with E-state index >= 15 is 0 Å². The third-order valence-electron chi connectivity index (χ3n) is 3.86. The van der Waals surface area contributed by atoms with Gasteiger partial charge in [-0.3, -0.25) is 4.79 Å². The summed E-state index contributed by atoms with van der Waals surface area (Å²) in [5.41, 5.74) is 0.587. The van der Waals surface area contributed by atoms with Gasteiger partial charge in [-0.05, 0) is 12.1 Å². The van der Waals surface area contributed by atoms with Crippen LogP contribution in [0.3, 0.4) is 0 Å². The Kier molecular flexibility index (Phi) is 4.09. The molecule has 0 spiro atoms. The van der Waals surface area contributed by atoms with Gasteiger partial charge in [-0.25, -0.2) is 9.37 Å². The first-order valence-corrected chi connectivity index (χ1v) is 7.31. The van der Waals surface area contributed by atoms with Crippen LogP contribution in [0.15, 0.2) is 36.8 Å². The molecule has 1 fully saturated rings. The lowest BCUT2D eigenvalue weighted by Crippen LogP contribution is -2.42. The largest absolute Gasteiger partial charge is 0.490 e. The number of rotatable bonds is 3. The van der Waals surface area contributed by atoms with Crippen molar-refractivity contribution < 1.29 is 13.9 Å². The Hall–Kier alpha value is -2.37. The van der Waals surface area contributed by atoms with Crippen molar-refractivity contribution in [2.24, 2.45) is 7.05 Å². The molecule has 116 valence electrons. The monoisotopic (exact) mass is 303 g/mol. The zero-order valence-corrected chi connectivity index (χ0v) is 12.4. The number of halogens is 1. The molecular weight excluding hydrogens is 285 g/mol. The van der Waals surface area contributed by atoms with Crippen LogP contribution in [0.4, 0.5) is 4.39 Å². The zero-order valence-electron chi connectivity index (χ0n) is 12.4. The summed E-state index contributed by atoms with van der Waals surface area (Å²) in [5.74, 6) is 0.224. The summed E-state index contributed by atoms with van der Waals surface area (Å²) in [6, 6.07) is 6.15. The van der Waals surface area contributed by atoms with Crippen molar-refractivity contribution in [3.05, 3.63) is 48.3 Å². The van der Waals surface area contributed by atoms with Crippen molar-refractivity contribution in [1.29, 1.82) is 0 Å². The van der Waals surface area contributed by atoms with E-state index in [1.54, 1.807) is 36.3 Å². The minimum atomic E-state index is -0.304. The summed E-state index contributed by atoms with van der Waals surface area (Å²) in [6.07, 6.45) is 4.68. The molecular formula is C16H18FN3O2. The predicted octanol–water partition coefficient (Wildman–Crippen LogP) is 2.24. The van der Waals surface area contributed by atoms with Gasteiger partial charge in [0.15, 0.2) is 0 Å². The second-order valence-electron chi connectivity index (χ2n) is 5.46. The molecule has 3 rings (SSSR count). The van der Waals surface area contributed by atoms with Gasteiger partial charge in [0.25, 0.3) is 5.91 Å². The van der Waals surface area contributed by atoms with Crippen LogP contribution in [-0.2, 0) is 7.05 Å². The number of aryl methyl sites for hydroxylation is 1. The second-order valence-corrected chi connectivity index (χ2v) is 5.46. The third-order valence-corrected chi connectivity index (χ3v) is 3.86. The first kappa shape index (κ1) is 14.6. The molecule has 0 aliphatic carbocycles. The number of hydrogen-bond donors (Lipinski definition) is 0. The molecule has 22 heavy (non-hydrogen) atoms. The third kappa shape index (κ3) is 3.10. The predicted molar refractivity (Wildman–Crippen MR) is 79.2 cm³/mol. The maximum atomic E-state index is 13.1. The lowest BCUT2D eigenvalue weighted by molar-refractivity contribution is 0.0586. The number of hydrogen-bond acceptors (Lipinski definition) is 3. The van der Waals surface area contributed by atoms with Gasteiger partial charge in [0.1, 0.15) is 23.4 Å². The maximum Gasteiger partial charge on any atom is 0.272 e. The van der Waals surface area contributed by atoms with E-state index in [1.807, 2.05) is 4.90 Å². The Morgan fingerprint density at radius 1 is 1.36 bits per heavy atom. The zero-order chi connectivity index (χ0) is 15.5. The highest BCUT2D eigenvalue weighted by Gasteiger charge is 2.26. The van der Waals surface area contributed by atoms with Crippen LogP contribution in [-0.4, -0.2) is 39.6 Å². The van der Waals surface area contributed by atoms with Crippen molar-refractivity contribution in [1.82, 2.24) is 14.5 Å². The Bertz CT molecular complexity index is 663. The molecule has 6 heteroatoms. The molecule has 0 saturated carbocycles. The lowest BCUT2D eigenvalue weighted by Gasteiger charge is -2.32. The average Bonchev–Trinajstić information content (AvgIpc) is 2.93. The molecule has 0 bridgehead atoms. The molecule has 2 heterocycles. The Labute approximate surface area is 128 Å². The molecule has 0 unspecified atom stereocenters. The Balaban J connectivity index is 1.56. The van der Waals surface area contributed by atoms with Gasteiger partial charge < -0.3 is 14.2 Å². The van der Waals surface area contributed by atoms with E-state index in [2.05, 4.69) is 4.98 Å². The average molecular weight is 303 g/mol. The van der Waals surface area contributed by atoms with Gasteiger partial charge in [-0.2, -0.15) is 0 Å². The van der Waals surface area contributed by atoms with Crippen molar-refractivity contribution in [2.45, 2.75) is 18.9 Å². The van der Waals surface area contributed by atoms with Crippen LogP contribution in [0, 0.1) is 5.82 Å². The number of amides is 1. The number of piperidine rings is 1. The van der Waals surface area contributed by atoms with Crippen LogP contribution < -0.4 is 4.74 Å². The van der Waals surface area contributed by atoms with Crippen LogP contribution in [0.2, 0.25) is 0 Å². The fourth-order valence-electron chi connectivity index (χ4n) is 2.63. The van der Waals surface area contributed by atoms with E-state index in [-0.39, 0.29) is 17.8 Å². The molecule has 1 aromatic heterocycles. The van der Waals surface area contributed by atoms with Gasteiger partial charge in [-0.1, -0.05) is 6.07 Å². The molecule has 1 aliphatic heterocycles. The molecule has 2 aromatic rings. The van der Waals surface area contributed by atoms with Crippen molar-refractivity contribution in [3.8, 4) is 5.75 Å². The second kappa shape index (κ2) is 6.17. The summed E-state index contributed by atoms with van der Waals surface area (Å²) in [7, 11) is 1.81. The van der Waals surface area contributed by atoms with Gasteiger partial charge in [0.2, 0.25) is 0 Å². The Morgan fingerprint density at radius 2 is 2.14 bits per heavy atom. The van der Waals surface area contributed by atoms with Crippen LogP contribution in [0.25, 0.3) is 0 Å². The van der Waals surface area contributed by atoms with Crippen LogP contribution in [0.5, 0.6) is 5.75 Å². The van der Waals surface area contributed by atoms with Crippen molar-refractivity contribution >= 4 is 5.91 Å². The van der Waals surface area contributed by atoms with Crippen LogP contribution >= 0.6 is 0 Å². The lowest BCUT2D eigenvalue weighted by atomic mass is 10.1. The summed E-state index contributed by atoms with van der Waals surface area (Å²) < 4.78 is 20.6. The van der Waals surface area contributed by atoms with E-state index in [9.17, 15) is 9.18 Å². The molecule has 1 aliphatic rings. The highest BCUT2D eigenvalue weighted by atomic mass is 19.1. The van der Waals surface area contributed by atoms with Gasteiger partial charge >= 0.3 is 0 Å². The number of nitrogens with zero attached hydrogens (tertiary/aromatic N) is 3. The van der Waals surface area contributed by atoms with E-state index in [1.165, 1.54) is 12.1 Å². The van der Waals surface area contributed by atoms with Gasteiger partial charge in [-0.15, -0.1) is 0 Å². The molecule has 1 saturated heterocycles. The number of ether oxygens (including phenoxy) is 1. The van der Waals surface area contributed by atoms with E-state index in [0.29, 0.717) is 24.5 Å². The van der Waals surface area contributed by atoms with Crippen LogP contribution in [0.1, 0.15) is 23.3 Å². The molecule has 0 N–H and O–H groups in total. The number of imidazole rings is 1. The quantitative estimate of drug-likeness (QED) is 0.873. The SMILES string of the molecule is Cn1cncc1C(=O)N1CCC(Oc2cccc(F)c2)CC1. The summed E-state index contributed by atoms with van der Waals surface area (Å²) >= 11 is 0. The molecule has 1 amide bonds. The highest BCUT2D eigenvalue weighted by Crippen LogP contribution is 2.20. The van der Waals surface area contributed by atoms with Crippen molar-refractivity contribution in [2.75, 3.05) is 13.1 Å². The van der Waals surface area contributed by atoms with E-state index in [4.69, 9.17) is 4.74 Å². The standard InChI is InChI=1S/C16H18FN3O2/c1-19-11-18-10-15(19)16(21)20-7-5-13(6-8-20)22-14-4-2-3-12(17)9-14/h2-4,9-11,13H,5-8H2,1H3. The molecule has 1 aromatic carbocycles.